The first-order chi connectivity index (χ1) is 13.0. The largest absolute Gasteiger partial charge is 0.507 e. The maximum Gasteiger partial charge on any atom is 0.401 e. The molecule has 0 aliphatic rings. The van der Waals surface area contributed by atoms with Crippen LogP contribution in [0.25, 0.3) is 0 Å². The molecule has 6 nitrogen and oxygen atoms in total. The summed E-state index contributed by atoms with van der Waals surface area (Å²) in [5.41, 5.74) is 2.25. The van der Waals surface area contributed by atoms with E-state index in [1.165, 1.54) is 0 Å². The number of pyridine rings is 1. The maximum atomic E-state index is 14.0. The van der Waals surface area contributed by atoms with E-state index in [1.54, 1.807) is 32.2 Å². The van der Waals surface area contributed by atoms with Gasteiger partial charge in [-0.15, -0.1) is 0 Å². The van der Waals surface area contributed by atoms with E-state index in [0.29, 0.717) is 22.7 Å². The topological polar surface area (TPSA) is 80.7 Å². The predicted octanol–water partition coefficient (Wildman–Crippen LogP) is 5.80. The van der Waals surface area contributed by atoms with Gasteiger partial charge in [0, 0.05) is 6.20 Å². The minimum absolute atomic E-state index is 0.0506. The van der Waals surface area contributed by atoms with Crippen LogP contribution in [0.5, 0.6) is 11.5 Å². The Morgan fingerprint density at radius 1 is 1.07 bits per heavy atom. The third-order valence-electron chi connectivity index (χ3n) is 4.32. The Labute approximate surface area is 167 Å². The molecule has 2 N–H and O–H groups in total. The maximum absolute atomic E-state index is 14.0. The molecule has 1 heterocycles. The fraction of sp³-hybridized carbons (Fsp3) is 0.476. The summed E-state index contributed by atoms with van der Waals surface area (Å²) in [5.74, 6) is 0.607. The molecule has 0 saturated heterocycles. The van der Waals surface area contributed by atoms with Crippen molar-refractivity contribution >= 4 is 13.4 Å². The standard InChI is InChI=1S/C21H31N2O4P/c1-13(2)21(23-20-15(5)9-8-10-22-20)28(25,26-14(3)4)27-18-11-16(6)19(24)17(7)12-18/h8-14,21,24H,1-7H3,(H,22,23). The lowest BCUT2D eigenvalue weighted by Gasteiger charge is -2.32. The van der Waals surface area contributed by atoms with Gasteiger partial charge in [-0.25, -0.2) is 9.55 Å². The number of phenols is 1. The lowest BCUT2D eigenvalue weighted by atomic mass is 10.1. The van der Waals surface area contributed by atoms with Crippen LogP contribution in [0.3, 0.4) is 0 Å². The highest BCUT2D eigenvalue weighted by Gasteiger charge is 2.41. The first-order valence-corrected chi connectivity index (χ1v) is 11.1. The van der Waals surface area contributed by atoms with Crippen molar-refractivity contribution in [1.82, 2.24) is 4.98 Å². The molecule has 7 heteroatoms. The molecule has 154 valence electrons. The minimum atomic E-state index is -3.64. The smallest absolute Gasteiger partial charge is 0.401 e. The predicted molar refractivity (Wildman–Crippen MR) is 113 cm³/mol. The van der Waals surface area contributed by atoms with Gasteiger partial charge in [-0.1, -0.05) is 19.9 Å². The number of phenolic OH excluding ortho intramolecular Hbond substituents is 1. The average molecular weight is 406 g/mol. The zero-order chi connectivity index (χ0) is 21.1. The van der Waals surface area contributed by atoms with Gasteiger partial charge in [0.05, 0.1) is 6.10 Å². The van der Waals surface area contributed by atoms with Crippen LogP contribution >= 0.6 is 7.60 Å². The summed E-state index contributed by atoms with van der Waals surface area (Å²) < 4.78 is 25.8. The number of aromatic nitrogens is 1. The molecule has 0 aliphatic heterocycles. The Kier molecular flexibility index (Phi) is 7.13. The summed E-state index contributed by atoms with van der Waals surface area (Å²) in [6.45, 7) is 13.1. The molecule has 1 aromatic heterocycles. The summed E-state index contributed by atoms with van der Waals surface area (Å²) in [5, 5.41) is 13.3. The van der Waals surface area contributed by atoms with E-state index in [4.69, 9.17) is 9.05 Å². The van der Waals surface area contributed by atoms with E-state index in [0.717, 1.165) is 5.56 Å². The quantitative estimate of drug-likeness (QED) is 0.539. The SMILES string of the molecule is Cc1cccnc1NC(C(C)C)P(=O)(Oc1cc(C)c(O)c(C)c1)OC(C)C. The summed E-state index contributed by atoms with van der Waals surface area (Å²) >= 11 is 0. The normalized spacial score (nSPS) is 14.8. The molecule has 0 bridgehead atoms. The number of aryl methyl sites for hydroxylation is 3. The fourth-order valence-electron chi connectivity index (χ4n) is 2.94. The van der Waals surface area contributed by atoms with Gasteiger partial charge in [-0.05, 0) is 75.4 Å². The highest BCUT2D eigenvalue weighted by molar-refractivity contribution is 7.55. The zero-order valence-corrected chi connectivity index (χ0v) is 18.6. The third-order valence-corrected chi connectivity index (χ3v) is 6.91. The van der Waals surface area contributed by atoms with E-state index in [9.17, 15) is 9.67 Å². The Balaban J connectivity index is 2.45. The van der Waals surface area contributed by atoms with Crippen LogP contribution in [0.1, 0.15) is 44.4 Å². The molecular formula is C21H31N2O4P. The van der Waals surface area contributed by atoms with Gasteiger partial charge < -0.3 is 14.9 Å². The van der Waals surface area contributed by atoms with Gasteiger partial charge in [0.1, 0.15) is 23.1 Å². The molecule has 0 fully saturated rings. The van der Waals surface area contributed by atoms with Crippen LogP contribution in [-0.4, -0.2) is 22.0 Å². The Morgan fingerprint density at radius 3 is 2.18 bits per heavy atom. The van der Waals surface area contributed by atoms with Crippen molar-refractivity contribution in [2.75, 3.05) is 5.32 Å². The van der Waals surface area contributed by atoms with Crippen molar-refractivity contribution < 1.29 is 18.7 Å². The van der Waals surface area contributed by atoms with Crippen LogP contribution in [0, 0.1) is 26.7 Å². The van der Waals surface area contributed by atoms with Crippen molar-refractivity contribution in [2.45, 2.75) is 60.4 Å². The van der Waals surface area contributed by atoms with E-state index in [1.807, 2.05) is 46.8 Å². The molecule has 0 radical (unpaired) electrons. The molecule has 2 rings (SSSR count). The number of anilines is 1. The second-order valence-corrected chi connectivity index (χ2v) is 9.72. The van der Waals surface area contributed by atoms with Crippen LogP contribution < -0.4 is 9.84 Å². The molecule has 1 aromatic carbocycles. The van der Waals surface area contributed by atoms with E-state index >= 15 is 0 Å². The summed E-state index contributed by atoms with van der Waals surface area (Å²) in [4.78, 5) is 4.36. The lowest BCUT2D eigenvalue weighted by molar-refractivity contribution is 0.200. The number of hydrogen-bond donors (Lipinski definition) is 2. The minimum Gasteiger partial charge on any atom is -0.507 e. The highest BCUT2D eigenvalue weighted by atomic mass is 31.2. The number of aromatic hydroxyl groups is 1. The molecule has 0 saturated carbocycles. The molecule has 0 spiro atoms. The van der Waals surface area contributed by atoms with E-state index in [-0.39, 0.29) is 17.8 Å². The zero-order valence-electron chi connectivity index (χ0n) is 17.7. The van der Waals surface area contributed by atoms with Crippen LogP contribution in [0.2, 0.25) is 0 Å². The second kappa shape index (κ2) is 8.97. The Bertz CT molecular complexity index is 844. The third kappa shape index (κ3) is 5.27. The first kappa shape index (κ1) is 22.3. The monoisotopic (exact) mass is 406 g/mol. The number of hydrogen-bond acceptors (Lipinski definition) is 6. The van der Waals surface area contributed by atoms with E-state index in [2.05, 4.69) is 10.3 Å². The Hall–Kier alpha value is -2.04. The Morgan fingerprint density at radius 2 is 1.68 bits per heavy atom. The van der Waals surface area contributed by atoms with Crippen LogP contribution in [0.15, 0.2) is 30.5 Å². The number of nitrogens with one attached hydrogen (secondary N) is 1. The van der Waals surface area contributed by atoms with Crippen molar-refractivity contribution in [3.8, 4) is 11.5 Å². The van der Waals surface area contributed by atoms with Crippen molar-refractivity contribution in [3.05, 3.63) is 47.2 Å². The van der Waals surface area contributed by atoms with Gasteiger partial charge in [0.15, 0.2) is 0 Å². The van der Waals surface area contributed by atoms with Gasteiger partial charge in [0.2, 0.25) is 0 Å². The lowest BCUT2D eigenvalue weighted by Crippen LogP contribution is -2.30. The van der Waals surface area contributed by atoms with Gasteiger partial charge in [-0.2, -0.15) is 0 Å². The van der Waals surface area contributed by atoms with E-state index < -0.39 is 13.4 Å². The number of benzene rings is 1. The first-order valence-electron chi connectivity index (χ1n) is 9.49. The summed E-state index contributed by atoms with van der Waals surface area (Å²) in [7, 11) is -3.64. The van der Waals surface area contributed by atoms with Gasteiger partial charge in [0.25, 0.3) is 0 Å². The summed E-state index contributed by atoms with van der Waals surface area (Å²) in [6, 6.07) is 7.13. The van der Waals surface area contributed by atoms with Crippen LogP contribution in [-0.2, 0) is 9.09 Å². The second-order valence-electron chi connectivity index (χ2n) is 7.69. The highest BCUT2D eigenvalue weighted by Crippen LogP contribution is 2.56. The van der Waals surface area contributed by atoms with Crippen molar-refractivity contribution in [2.24, 2.45) is 5.92 Å². The molecule has 0 aliphatic carbocycles. The molecular weight excluding hydrogens is 375 g/mol. The van der Waals surface area contributed by atoms with Crippen LogP contribution in [0.4, 0.5) is 5.82 Å². The molecule has 2 aromatic rings. The molecule has 28 heavy (non-hydrogen) atoms. The van der Waals surface area contributed by atoms with Gasteiger partial charge >= 0.3 is 7.60 Å². The van der Waals surface area contributed by atoms with Crippen molar-refractivity contribution in [3.63, 3.8) is 0 Å². The molecule has 2 unspecified atom stereocenters. The molecule has 0 amide bonds. The fourth-order valence-corrected chi connectivity index (χ4v) is 5.23. The average Bonchev–Trinajstić information content (AvgIpc) is 2.57. The number of rotatable bonds is 8. The molecule has 2 atom stereocenters. The summed E-state index contributed by atoms with van der Waals surface area (Å²) in [6.07, 6.45) is 1.40. The number of nitrogens with zero attached hydrogens (tertiary/aromatic N) is 1. The van der Waals surface area contributed by atoms with Gasteiger partial charge in [-0.3, -0.25) is 4.52 Å². The van der Waals surface area contributed by atoms with Crippen molar-refractivity contribution in [1.29, 1.82) is 0 Å².